The van der Waals surface area contributed by atoms with Gasteiger partial charge in [0.25, 0.3) is 5.91 Å². The summed E-state index contributed by atoms with van der Waals surface area (Å²) < 4.78 is 21.7. The molecule has 0 spiro atoms. The molecule has 1 aliphatic rings. The number of benzene rings is 2. The number of thiol groups is 1. The monoisotopic (exact) mass is 362 g/mol. The molecule has 0 bridgehead atoms. The fraction of sp³-hybridized carbons (Fsp3) is 0.125. The predicted octanol–water partition coefficient (Wildman–Crippen LogP) is 1.98. The van der Waals surface area contributed by atoms with Crippen molar-refractivity contribution < 1.29 is 18.0 Å². The van der Waals surface area contributed by atoms with Crippen LogP contribution in [0.2, 0.25) is 0 Å². The van der Waals surface area contributed by atoms with Gasteiger partial charge in [0.05, 0.1) is 16.3 Å². The van der Waals surface area contributed by atoms with Gasteiger partial charge < -0.3 is 10.2 Å². The summed E-state index contributed by atoms with van der Waals surface area (Å²) in [6.07, 6.45) is 0. The van der Waals surface area contributed by atoms with Crippen LogP contribution in [0.15, 0.2) is 52.3 Å². The maximum atomic E-state index is 12.4. The Hall–Kier alpha value is -2.32. The summed E-state index contributed by atoms with van der Waals surface area (Å²) in [6, 6.07) is 11.1. The minimum absolute atomic E-state index is 0.00706. The van der Waals surface area contributed by atoms with E-state index in [-0.39, 0.29) is 16.7 Å². The van der Waals surface area contributed by atoms with Crippen molar-refractivity contribution in [3.05, 3.63) is 48.0 Å². The molecule has 6 nitrogen and oxygen atoms in total. The summed E-state index contributed by atoms with van der Waals surface area (Å²) in [7, 11) is -0.954. The second-order valence-electron chi connectivity index (χ2n) is 5.18. The molecule has 1 heterocycles. The van der Waals surface area contributed by atoms with Crippen molar-refractivity contribution in [1.82, 2.24) is 0 Å². The quantitative estimate of drug-likeness (QED) is 0.816. The number of hydrogen-bond donors (Lipinski definition) is 2. The molecule has 0 aromatic heterocycles. The average Bonchev–Trinajstić information content (AvgIpc) is 2.58. The molecule has 8 heteroatoms. The lowest BCUT2D eigenvalue weighted by Gasteiger charge is -2.25. The van der Waals surface area contributed by atoms with Gasteiger partial charge in [-0.05, 0) is 42.5 Å². The molecule has 0 atom stereocenters. The first-order valence-corrected chi connectivity index (χ1v) is 9.21. The molecule has 0 aliphatic carbocycles. The first kappa shape index (κ1) is 16.5. The third kappa shape index (κ3) is 3.29. The van der Waals surface area contributed by atoms with E-state index in [4.69, 9.17) is 0 Å². The number of hydrogen-bond acceptors (Lipinski definition) is 5. The molecule has 24 heavy (non-hydrogen) atoms. The van der Waals surface area contributed by atoms with Crippen LogP contribution >= 0.6 is 11.8 Å². The molecule has 124 valence electrons. The van der Waals surface area contributed by atoms with Gasteiger partial charge in [0.1, 0.15) is 0 Å². The first-order chi connectivity index (χ1) is 11.5. The Morgan fingerprint density at radius 3 is 2.54 bits per heavy atom. The van der Waals surface area contributed by atoms with Crippen molar-refractivity contribution in [2.45, 2.75) is 9.79 Å². The van der Waals surface area contributed by atoms with Crippen LogP contribution in [0.25, 0.3) is 0 Å². The van der Waals surface area contributed by atoms with Gasteiger partial charge in [-0.15, -0.1) is 11.8 Å². The SMILES string of the molecule is CN1C(=O)CSc2ccc(C(=O)Nc3ccc([SH](=O)=O)cc3)cc21. The van der Waals surface area contributed by atoms with Crippen LogP contribution in [0.1, 0.15) is 10.4 Å². The van der Waals surface area contributed by atoms with Gasteiger partial charge in [0, 0.05) is 23.2 Å². The van der Waals surface area contributed by atoms with Gasteiger partial charge in [-0.25, -0.2) is 8.42 Å². The van der Waals surface area contributed by atoms with E-state index in [2.05, 4.69) is 5.32 Å². The Labute approximate surface area is 144 Å². The molecule has 2 aromatic rings. The van der Waals surface area contributed by atoms with Crippen LogP contribution in [0.4, 0.5) is 11.4 Å². The number of carbonyl (C=O) groups excluding carboxylic acids is 2. The van der Waals surface area contributed by atoms with Crippen LogP contribution < -0.4 is 10.2 Å². The van der Waals surface area contributed by atoms with Crippen LogP contribution in [0, 0.1) is 0 Å². The third-order valence-corrected chi connectivity index (χ3v) is 5.41. The van der Waals surface area contributed by atoms with Gasteiger partial charge in [-0.1, -0.05) is 0 Å². The predicted molar refractivity (Wildman–Crippen MR) is 93.6 cm³/mol. The maximum absolute atomic E-state index is 12.4. The van der Waals surface area contributed by atoms with Gasteiger partial charge >= 0.3 is 0 Å². The third-order valence-electron chi connectivity index (χ3n) is 3.64. The Kier molecular flexibility index (Phi) is 4.59. The molecular formula is C16H14N2O4S2. The summed E-state index contributed by atoms with van der Waals surface area (Å²) in [5.74, 6) is 0.0597. The van der Waals surface area contributed by atoms with Crippen LogP contribution in [-0.2, 0) is 15.5 Å². The highest BCUT2D eigenvalue weighted by Crippen LogP contribution is 2.35. The van der Waals surface area contributed by atoms with Crippen molar-refractivity contribution in [2.75, 3.05) is 23.0 Å². The lowest BCUT2D eigenvalue weighted by atomic mass is 10.1. The normalized spacial score (nSPS) is 13.8. The topological polar surface area (TPSA) is 83.6 Å². The minimum Gasteiger partial charge on any atom is -0.322 e. The van der Waals surface area contributed by atoms with Crippen LogP contribution in [-0.4, -0.2) is 33.0 Å². The Balaban J connectivity index is 1.81. The number of amides is 2. The second-order valence-corrected chi connectivity index (χ2v) is 7.23. The zero-order valence-electron chi connectivity index (χ0n) is 12.7. The maximum Gasteiger partial charge on any atom is 0.255 e. The molecule has 2 aromatic carbocycles. The largest absolute Gasteiger partial charge is 0.322 e. The number of rotatable bonds is 3. The van der Waals surface area contributed by atoms with E-state index in [1.165, 1.54) is 36.0 Å². The molecule has 0 fully saturated rings. The molecule has 3 rings (SSSR count). The molecule has 0 saturated heterocycles. The average molecular weight is 362 g/mol. The smallest absolute Gasteiger partial charge is 0.255 e. The highest BCUT2D eigenvalue weighted by atomic mass is 32.2. The van der Waals surface area contributed by atoms with E-state index in [1.54, 1.807) is 24.1 Å². The number of fused-ring (bicyclic) bond motifs is 1. The van der Waals surface area contributed by atoms with Crippen molar-refractivity contribution in [3.63, 3.8) is 0 Å². The molecule has 0 radical (unpaired) electrons. The second kappa shape index (κ2) is 6.66. The molecule has 2 amide bonds. The van der Waals surface area contributed by atoms with E-state index in [1.807, 2.05) is 6.07 Å². The number of nitrogens with zero attached hydrogens (tertiary/aromatic N) is 1. The fourth-order valence-corrected chi connectivity index (χ4v) is 3.66. The standard InChI is InChI=1S/C16H14N2O4S2/c1-18-13-8-10(2-7-14(13)23-9-15(18)19)16(20)17-11-3-5-12(6-4-11)24(21)22/h2-8,24H,9H2,1H3,(H,17,20). The molecular weight excluding hydrogens is 348 g/mol. The van der Waals surface area contributed by atoms with E-state index in [0.717, 1.165) is 4.90 Å². The van der Waals surface area contributed by atoms with Crippen LogP contribution in [0.3, 0.4) is 0 Å². The Bertz CT molecular complexity index is 883. The number of carbonyl (C=O) groups is 2. The summed E-state index contributed by atoms with van der Waals surface area (Å²) in [6.45, 7) is 0. The molecule has 0 unspecified atom stereocenters. The number of anilines is 2. The van der Waals surface area contributed by atoms with Crippen molar-refractivity contribution in [3.8, 4) is 0 Å². The molecule has 1 aliphatic heterocycles. The van der Waals surface area contributed by atoms with Crippen LogP contribution in [0.5, 0.6) is 0 Å². The minimum atomic E-state index is -2.64. The summed E-state index contributed by atoms with van der Waals surface area (Å²) in [5.41, 5.74) is 1.63. The van der Waals surface area contributed by atoms with Gasteiger partial charge in [-0.3, -0.25) is 9.59 Å². The van der Waals surface area contributed by atoms with Crippen molar-refractivity contribution in [2.24, 2.45) is 0 Å². The highest BCUT2D eigenvalue weighted by Gasteiger charge is 2.22. The van der Waals surface area contributed by atoms with Crippen molar-refractivity contribution >= 4 is 45.7 Å². The Morgan fingerprint density at radius 2 is 1.88 bits per heavy atom. The van der Waals surface area contributed by atoms with E-state index >= 15 is 0 Å². The number of thioether (sulfide) groups is 1. The fourth-order valence-electron chi connectivity index (χ4n) is 2.28. The number of nitrogens with one attached hydrogen (secondary N) is 1. The van der Waals surface area contributed by atoms with Gasteiger partial charge in [0.15, 0.2) is 10.7 Å². The summed E-state index contributed by atoms with van der Waals surface area (Å²) in [5, 5.41) is 2.71. The zero-order chi connectivity index (χ0) is 17.3. The van der Waals surface area contributed by atoms with E-state index in [9.17, 15) is 18.0 Å². The summed E-state index contributed by atoms with van der Waals surface area (Å²) >= 11 is 1.45. The lowest BCUT2D eigenvalue weighted by molar-refractivity contribution is -0.116. The zero-order valence-corrected chi connectivity index (χ0v) is 14.4. The summed E-state index contributed by atoms with van der Waals surface area (Å²) in [4.78, 5) is 26.8. The molecule has 1 N–H and O–H groups in total. The first-order valence-electron chi connectivity index (χ1n) is 7.05. The Morgan fingerprint density at radius 1 is 1.17 bits per heavy atom. The van der Waals surface area contributed by atoms with Gasteiger partial charge in [-0.2, -0.15) is 0 Å². The lowest BCUT2D eigenvalue weighted by Crippen LogP contribution is -2.31. The van der Waals surface area contributed by atoms with Gasteiger partial charge in [0.2, 0.25) is 5.91 Å². The van der Waals surface area contributed by atoms with E-state index < -0.39 is 10.7 Å². The van der Waals surface area contributed by atoms with E-state index in [0.29, 0.717) is 22.7 Å². The molecule has 0 saturated carbocycles. The van der Waals surface area contributed by atoms with Crippen molar-refractivity contribution in [1.29, 1.82) is 0 Å². The highest BCUT2D eigenvalue weighted by molar-refractivity contribution is 8.00.